The Balaban J connectivity index is 2.14. The number of nitrogens with zero attached hydrogens (tertiary/aromatic N) is 2. The van der Waals surface area contributed by atoms with E-state index in [1.165, 1.54) is 5.56 Å². The first kappa shape index (κ1) is 16.1. The Labute approximate surface area is 131 Å². The zero-order valence-corrected chi connectivity index (χ0v) is 14.4. The van der Waals surface area contributed by atoms with E-state index < -0.39 is 0 Å². The van der Waals surface area contributed by atoms with Gasteiger partial charge < -0.3 is 5.32 Å². The summed E-state index contributed by atoms with van der Waals surface area (Å²) in [5, 5.41) is 14.2. The first-order valence-electron chi connectivity index (χ1n) is 7.59. The average Bonchev–Trinajstić information content (AvgIpc) is 2.94. The minimum absolute atomic E-state index is 0.184. The molecular weight excluding hydrogens is 278 g/mol. The lowest BCUT2D eigenvalue weighted by Gasteiger charge is -2.18. The van der Waals surface area contributed by atoms with Gasteiger partial charge in [0.1, 0.15) is 10.0 Å². The molecule has 0 amide bonds. The zero-order valence-electron chi connectivity index (χ0n) is 13.6. The Morgan fingerprint density at radius 2 is 1.81 bits per heavy atom. The van der Waals surface area contributed by atoms with Crippen molar-refractivity contribution in [3.63, 3.8) is 0 Å². The molecule has 1 atom stereocenters. The Kier molecular flexibility index (Phi) is 5.12. The smallest absolute Gasteiger partial charge is 0.147 e. The number of rotatable bonds is 5. The molecule has 3 nitrogen and oxygen atoms in total. The lowest BCUT2D eigenvalue weighted by Crippen LogP contribution is -2.18. The Morgan fingerprint density at radius 1 is 1.14 bits per heavy atom. The molecule has 4 heteroatoms. The molecule has 0 aliphatic rings. The van der Waals surface area contributed by atoms with Crippen LogP contribution in [-0.2, 0) is 5.41 Å². The number of hydrogen-bond donors (Lipinski definition) is 1. The Hall–Kier alpha value is -1.26. The summed E-state index contributed by atoms with van der Waals surface area (Å²) in [6.07, 6.45) is 1.13. The highest BCUT2D eigenvalue weighted by Gasteiger charge is 2.15. The van der Waals surface area contributed by atoms with Crippen molar-refractivity contribution in [3.8, 4) is 10.6 Å². The maximum Gasteiger partial charge on any atom is 0.147 e. The van der Waals surface area contributed by atoms with E-state index in [9.17, 15) is 0 Å². The molecule has 1 heterocycles. The molecule has 0 fully saturated rings. The van der Waals surface area contributed by atoms with Gasteiger partial charge in [-0.1, -0.05) is 63.3 Å². The summed E-state index contributed by atoms with van der Waals surface area (Å²) in [5.74, 6) is 0. The molecule has 21 heavy (non-hydrogen) atoms. The van der Waals surface area contributed by atoms with Crippen LogP contribution in [0.25, 0.3) is 10.6 Å². The van der Waals surface area contributed by atoms with Crippen molar-refractivity contribution in [3.05, 3.63) is 34.8 Å². The van der Waals surface area contributed by atoms with E-state index >= 15 is 0 Å². The third-order valence-electron chi connectivity index (χ3n) is 3.51. The molecule has 0 spiro atoms. The number of hydrogen-bond acceptors (Lipinski definition) is 4. The highest BCUT2D eigenvalue weighted by Crippen LogP contribution is 2.29. The van der Waals surface area contributed by atoms with Crippen LogP contribution in [0.5, 0.6) is 0 Å². The SMILES string of the molecule is CCCNC(C)c1nnc(-c2ccc(C(C)(C)C)cc2)s1. The van der Waals surface area contributed by atoms with Crippen LogP contribution in [0.3, 0.4) is 0 Å². The molecule has 2 aromatic rings. The summed E-state index contributed by atoms with van der Waals surface area (Å²) in [6, 6.07) is 8.94. The van der Waals surface area contributed by atoms with Crippen molar-refractivity contribution >= 4 is 11.3 Å². The fourth-order valence-electron chi connectivity index (χ4n) is 2.09. The monoisotopic (exact) mass is 303 g/mol. The molecule has 0 aliphatic heterocycles. The van der Waals surface area contributed by atoms with E-state index in [0.29, 0.717) is 0 Å². The van der Waals surface area contributed by atoms with Crippen LogP contribution in [0, 0.1) is 0 Å². The van der Waals surface area contributed by atoms with Gasteiger partial charge >= 0.3 is 0 Å². The second kappa shape index (κ2) is 6.67. The maximum atomic E-state index is 4.34. The van der Waals surface area contributed by atoms with Gasteiger partial charge in [-0.25, -0.2) is 0 Å². The maximum absolute atomic E-state index is 4.34. The van der Waals surface area contributed by atoms with E-state index in [0.717, 1.165) is 28.5 Å². The van der Waals surface area contributed by atoms with Crippen LogP contribution < -0.4 is 5.32 Å². The van der Waals surface area contributed by atoms with Crippen molar-refractivity contribution in [1.82, 2.24) is 15.5 Å². The van der Waals surface area contributed by atoms with Crippen molar-refractivity contribution < 1.29 is 0 Å². The van der Waals surface area contributed by atoms with E-state index in [2.05, 4.69) is 74.4 Å². The van der Waals surface area contributed by atoms with Gasteiger partial charge in [0.25, 0.3) is 0 Å². The van der Waals surface area contributed by atoms with E-state index in [4.69, 9.17) is 0 Å². The zero-order chi connectivity index (χ0) is 15.5. The predicted molar refractivity (Wildman–Crippen MR) is 90.8 cm³/mol. The number of nitrogens with one attached hydrogen (secondary N) is 1. The lowest BCUT2D eigenvalue weighted by atomic mass is 9.87. The predicted octanol–water partition coefficient (Wildman–Crippen LogP) is 4.56. The molecule has 0 radical (unpaired) electrons. The summed E-state index contributed by atoms with van der Waals surface area (Å²) < 4.78 is 0. The topological polar surface area (TPSA) is 37.8 Å². The van der Waals surface area contributed by atoms with Gasteiger partial charge in [-0.15, -0.1) is 10.2 Å². The molecule has 1 N–H and O–H groups in total. The fourth-order valence-corrected chi connectivity index (χ4v) is 2.96. The van der Waals surface area contributed by atoms with Gasteiger partial charge in [-0.2, -0.15) is 0 Å². The lowest BCUT2D eigenvalue weighted by molar-refractivity contribution is 0.564. The number of aromatic nitrogens is 2. The van der Waals surface area contributed by atoms with Gasteiger partial charge in [0.2, 0.25) is 0 Å². The normalized spacial score (nSPS) is 13.4. The van der Waals surface area contributed by atoms with Crippen LogP contribution in [0.15, 0.2) is 24.3 Å². The minimum atomic E-state index is 0.184. The molecule has 0 saturated carbocycles. The first-order valence-corrected chi connectivity index (χ1v) is 8.41. The summed E-state index contributed by atoms with van der Waals surface area (Å²) in [7, 11) is 0. The first-order chi connectivity index (χ1) is 9.91. The van der Waals surface area contributed by atoms with Crippen LogP contribution in [0.4, 0.5) is 0 Å². The molecule has 1 aromatic heterocycles. The minimum Gasteiger partial charge on any atom is -0.308 e. The molecule has 1 aromatic carbocycles. The van der Waals surface area contributed by atoms with Gasteiger partial charge in [0.15, 0.2) is 0 Å². The summed E-state index contributed by atoms with van der Waals surface area (Å²) in [4.78, 5) is 0. The third kappa shape index (κ3) is 4.11. The number of benzene rings is 1. The molecule has 0 saturated heterocycles. The third-order valence-corrected chi connectivity index (χ3v) is 4.66. The highest BCUT2D eigenvalue weighted by atomic mass is 32.1. The standard InChI is InChI=1S/C17H25N3S/c1-6-11-18-12(2)15-19-20-16(21-15)13-7-9-14(10-8-13)17(3,4)5/h7-10,12,18H,6,11H2,1-5H3. The van der Waals surface area contributed by atoms with Crippen molar-refractivity contribution in [2.75, 3.05) is 6.54 Å². The van der Waals surface area contributed by atoms with Crippen LogP contribution in [0.1, 0.15) is 57.7 Å². The van der Waals surface area contributed by atoms with Gasteiger partial charge in [0.05, 0.1) is 6.04 Å². The van der Waals surface area contributed by atoms with Gasteiger partial charge in [-0.3, -0.25) is 0 Å². The molecule has 2 rings (SSSR count). The van der Waals surface area contributed by atoms with Gasteiger partial charge in [0, 0.05) is 5.56 Å². The Morgan fingerprint density at radius 3 is 2.38 bits per heavy atom. The quantitative estimate of drug-likeness (QED) is 0.879. The molecule has 114 valence electrons. The molecule has 1 unspecified atom stereocenters. The van der Waals surface area contributed by atoms with E-state index in [-0.39, 0.29) is 11.5 Å². The average molecular weight is 303 g/mol. The van der Waals surface area contributed by atoms with E-state index in [1.54, 1.807) is 11.3 Å². The van der Waals surface area contributed by atoms with Crippen molar-refractivity contribution in [1.29, 1.82) is 0 Å². The fraction of sp³-hybridized carbons (Fsp3) is 0.529. The Bertz CT molecular complexity index is 566. The summed E-state index contributed by atoms with van der Waals surface area (Å²) in [5.41, 5.74) is 2.67. The van der Waals surface area contributed by atoms with Gasteiger partial charge in [-0.05, 0) is 30.9 Å². The van der Waals surface area contributed by atoms with Crippen molar-refractivity contribution in [2.24, 2.45) is 0 Å². The highest BCUT2D eigenvalue weighted by molar-refractivity contribution is 7.14. The molecule has 0 bridgehead atoms. The largest absolute Gasteiger partial charge is 0.308 e. The van der Waals surface area contributed by atoms with Crippen LogP contribution >= 0.6 is 11.3 Å². The van der Waals surface area contributed by atoms with Crippen molar-refractivity contribution in [2.45, 2.75) is 52.5 Å². The molecule has 0 aliphatic carbocycles. The van der Waals surface area contributed by atoms with Crippen LogP contribution in [-0.4, -0.2) is 16.7 Å². The van der Waals surface area contributed by atoms with E-state index in [1.807, 2.05) is 0 Å². The second-order valence-electron chi connectivity index (χ2n) is 6.45. The van der Waals surface area contributed by atoms with Crippen LogP contribution in [0.2, 0.25) is 0 Å². The summed E-state index contributed by atoms with van der Waals surface area (Å²) >= 11 is 1.67. The molecular formula is C17H25N3S. The summed E-state index contributed by atoms with van der Waals surface area (Å²) in [6.45, 7) is 12.0. The second-order valence-corrected chi connectivity index (χ2v) is 7.46.